The maximum Gasteiger partial charge on any atom is 0.140 e. The third-order valence-electron chi connectivity index (χ3n) is 4.52. The maximum absolute atomic E-state index is 5.54. The van der Waals surface area contributed by atoms with Gasteiger partial charge in [-0.3, -0.25) is 4.98 Å². The Morgan fingerprint density at radius 3 is 2.76 bits per heavy atom. The van der Waals surface area contributed by atoms with Crippen LogP contribution in [0.25, 0.3) is 0 Å². The molecule has 1 saturated carbocycles. The van der Waals surface area contributed by atoms with Crippen molar-refractivity contribution in [3.05, 3.63) is 24.0 Å². The second-order valence-electron chi connectivity index (χ2n) is 7.51. The number of rotatable bonds is 4. The van der Waals surface area contributed by atoms with Crippen LogP contribution in [0.3, 0.4) is 0 Å². The molecule has 1 aliphatic rings. The molecule has 0 amide bonds. The lowest BCUT2D eigenvalue weighted by Crippen LogP contribution is -2.41. The molecule has 3 atom stereocenters. The van der Waals surface area contributed by atoms with E-state index in [9.17, 15) is 0 Å². The van der Waals surface area contributed by atoms with Crippen molar-refractivity contribution in [3.8, 4) is 5.75 Å². The van der Waals surface area contributed by atoms with Crippen molar-refractivity contribution < 1.29 is 4.74 Å². The van der Waals surface area contributed by atoms with Crippen LogP contribution in [0, 0.1) is 11.8 Å². The van der Waals surface area contributed by atoms with E-state index in [0.717, 1.165) is 23.9 Å². The van der Waals surface area contributed by atoms with Gasteiger partial charge in [-0.05, 0) is 64.1 Å². The highest BCUT2D eigenvalue weighted by molar-refractivity contribution is 5.31. The first-order valence-corrected chi connectivity index (χ1v) is 8.14. The van der Waals surface area contributed by atoms with E-state index in [1.54, 1.807) is 7.11 Å². The van der Waals surface area contributed by atoms with Gasteiger partial charge in [0.25, 0.3) is 0 Å². The van der Waals surface area contributed by atoms with Gasteiger partial charge in [-0.2, -0.15) is 0 Å². The first-order valence-electron chi connectivity index (χ1n) is 8.14. The summed E-state index contributed by atoms with van der Waals surface area (Å²) in [5.74, 6) is 2.86. The van der Waals surface area contributed by atoms with Gasteiger partial charge in [-0.25, -0.2) is 0 Å². The average Bonchev–Trinajstić information content (AvgIpc) is 2.45. The molecule has 0 aliphatic heterocycles. The van der Waals surface area contributed by atoms with Crippen LogP contribution in [0.15, 0.2) is 18.3 Å². The van der Waals surface area contributed by atoms with Crippen molar-refractivity contribution in [2.45, 2.75) is 58.4 Å². The predicted molar refractivity (Wildman–Crippen MR) is 87.8 cm³/mol. The molecule has 3 unspecified atom stereocenters. The second-order valence-corrected chi connectivity index (χ2v) is 7.51. The molecule has 0 radical (unpaired) electrons. The Morgan fingerprint density at radius 2 is 2.10 bits per heavy atom. The fourth-order valence-corrected chi connectivity index (χ4v) is 3.31. The van der Waals surface area contributed by atoms with Gasteiger partial charge in [-0.1, -0.05) is 13.3 Å². The minimum Gasteiger partial charge on any atom is -0.495 e. The summed E-state index contributed by atoms with van der Waals surface area (Å²) >= 11 is 0. The van der Waals surface area contributed by atoms with Crippen LogP contribution in [-0.4, -0.2) is 24.2 Å². The van der Waals surface area contributed by atoms with E-state index in [-0.39, 0.29) is 5.54 Å². The molecule has 21 heavy (non-hydrogen) atoms. The summed E-state index contributed by atoms with van der Waals surface area (Å²) in [5.41, 5.74) is 1.31. The number of pyridine rings is 1. The van der Waals surface area contributed by atoms with Crippen LogP contribution in [0.5, 0.6) is 5.75 Å². The van der Waals surface area contributed by atoms with Crippen molar-refractivity contribution >= 4 is 0 Å². The number of methoxy groups -OCH3 is 1. The zero-order valence-electron chi connectivity index (χ0n) is 14.1. The Labute approximate surface area is 129 Å². The highest BCUT2D eigenvalue weighted by Gasteiger charge is 2.33. The molecular weight excluding hydrogens is 260 g/mol. The van der Waals surface area contributed by atoms with Gasteiger partial charge in [0.2, 0.25) is 0 Å². The van der Waals surface area contributed by atoms with E-state index in [1.807, 2.05) is 18.3 Å². The van der Waals surface area contributed by atoms with Crippen LogP contribution in [0.2, 0.25) is 0 Å². The third-order valence-corrected chi connectivity index (χ3v) is 4.52. The standard InChI is InChI=1S/C18H30N2O/c1-13-8-9-14(12-20-18(2,3)4)15(11-13)17-16(21-5)7-6-10-19-17/h6-7,10,13-15,20H,8-9,11-12H2,1-5H3. The Bertz CT molecular complexity index is 453. The molecule has 0 saturated heterocycles. The van der Waals surface area contributed by atoms with Gasteiger partial charge in [0.15, 0.2) is 0 Å². The second kappa shape index (κ2) is 6.78. The number of aromatic nitrogens is 1. The molecule has 118 valence electrons. The van der Waals surface area contributed by atoms with E-state index < -0.39 is 0 Å². The molecule has 1 fully saturated rings. The van der Waals surface area contributed by atoms with E-state index in [0.29, 0.717) is 11.8 Å². The lowest BCUT2D eigenvalue weighted by molar-refractivity contribution is 0.220. The van der Waals surface area contributed by atoms with Gasteiger partial charge in [0, 0.05) is 17.7 Å². The topological polar surface area (TPSA) is 34.1 Å². The van der Waals surface area contributed by atoms with E-state index in [2.05, 4.69) is 38.0 Å². The molecule has 2 rings (SSSR count). The molecule has 1 aromatic heterocycles. The molecule has 0 aromatic carbocycles. The molecular formula is C18H30N2O. The maximum atomic E-state index is 5.54. The zero-order valence-corrected chi connectivity index (χ0v) is 14.1. The Balaban J connectivity index is 2.18. The Hall–Kier alpha value is -1.09. The van der Waals surface area contributed by atoms with E-state index >= 15 is 0 Å². The summed E-state index contributed by atoms with van der Waals surface area (Å²) in [6.07, 6.45) is 5.70. The van der Waals surface area contributed by atoms with Crippen molar-refractivity contribution in [1.29, 1.82) is 0 Å². The van der Waals surface area contributed by atoms with Crippen LogP contribution in [0.1, 0.15) is 58.6 Å². The molecule has 1 heterocycles. The molecule has 1 N–H and O–H groups in total. The van der Waals surface area contributed by atoms with Crippen LogP contribution >= 0.6 is 0 Å². The minimum absolute atomic E-state index is 0.168. The number of nitrogens with zero attached hydrogens (tertiary/aromatic N) is 1. The Kier molecular flexibility index (Phi) is 5.26. The van der Waals surface area contributed by atoms with Crippen molar-refractivity contribution in [2.24, 2.45) is 11.8 Å². The fraction of sp³-hybridized carbons (Fsp3) is 0.722. The summed E-state index contributed by atoms with van der Waals surface area (Å²) in [6.45, 7) is 10.1. The summed E-state index contributed by atoms with van der Waals surface area (Å²) < 4.78 is 5.54. The van der Waals surface area contributed by atoms with Crippen molar-refractivity contribution in [1.82, 2.24) is 10.3 Å². The van der Waals surface area contributed by atoms with E-state index in [4.69, 9.17) is 4.74 Å². The minimum atomic E-state index is 0.168. The summed E-state index contributed by atoms with van der Waals surface area (Å²) in [6, 6.07) is 3.99. The first kappa shape index (κ1) is 16.3. The van der Waals surface area contributed by atoms with Gasteiger partial charge < -0.3 is 10.1 Å². The number of nitrogens with one attached hydrogen (secondary N) is 1. The first-order chi connectivity index (χ1) is 9.90. The van der Waals surface area contributed by atoms with Crippen LogP contribution < -0.4 is 10.1 Å². The lowest BCUT2D eigenvalue weighted by Gasteiger charge is -2.37. The van der Waals surface area contributed by atoms with Crippen LogP contribution in [0.4, 0.5) is 0 Å². The SMILES string of the molecule is COc1cccnc1C1CC(C)CCC1CNC(C)(C)C. The van der Waals surface area contributed by atoms with Crippen LogP contribution in [-0.2, 0) is 0 Å². The third kappa shape index (κ3) is 4.44. The highest BCUT2D eigenvalue weighted by Crippen LogP contribution is 2.42. The normalized spacial score (nSPS) is 26.6. The molecule has 3 nitrogen and oxygen atoms in total. The Morgan fingerprint density at radius 1 is 1.33 bits per heavy atom. The smallest absolute Gasteiger partial charge is 0.140 e. The monoisotopic (exact) mass is 290 g/mol. The molecule has 0 bridgehead atoms. The quantitative estimate of drug-likeness (QED) is 0.910. The molecule has 1 aliphatic carbocycles. The fourth-order valence-electron chi connectivity index (χ4n) is 3.31. The van der Waals surface area contributed by atoms with Gasteiger partial charge in [-0.15, -0.1) is 0 Å². The summed E-state index contributed by atoms with van der Waals surface area (Å²) in [5, 5.41) is 3.68. The summed E-state index contributed by atoms with van der Waals surface area (Å²) in [4.78, 5) is 4.65. The zero-order chi connectivity index (χ0) is 15.5. The van der Waals surface area contributed by atoms with Gasteiger partial charge >= 0.3 is 0 Å². The van der Waals surface area contributed by atoms with Crippen molar-refractivity contribution in [3.63, 3.8) is 0 Å². The number of hydrogen-bond donors (Lipinski definition) is 1. The van der Waals surface area contributed by atoms with Gasteiger partial charge in [0.05, 0.1) is 12.8 Å². The van der Waals surface area contributed by atoms with Crippen molar-refractivity contribution in [2.75, 3.05) is 13.7 Å². The molecule has 0 spiro atoms. The number of hydrogen-bond acceptors (Lipinski definition) is 3. The average molecular weight is 290 g/mol. The largest absolute Gasteiger partial charge is 0.495 e. The lowest BCUT2D eigenvalue weighted by atomic mass is 9.72. The predicted octanol–water partition coefficient (Wildman–Crippen LogP) is 4.00. The van der Waals surface area contributed by atoms with Gasteiger partial charge in [0.1, 0.15) is 5.75 Å². The summed E-state index contributed by atoms with van der Waals surface area (Å²) in [7, 11) is 1.75. The molecule has 1 aromatic rings. The van der Waals surface area contributed by atoms with E-state index in [1.165, 1.54) is 19.3 Å². The highest BCUT2D eigenvalue weighted by atomic mass is 16.5. The molecule has 3 heteroatoms. The number of ether oxygens (including phenoxy) is 1.